The number of aromatic nitrogens is 1. The molecule has 0 radical (unpaired) electrons. The van der Waals surface area contributed by atoms with Gasteiger partial charge in [0.1, 0.15) is 11.5 Å². The molecule has 1 aromatic carbocycles. The lowest BCUT2D eigenvalue weighted by Crippen LogP contribution is -2.37. The van der Waals surface area contributed by atoms with Crippen LogP contribution in [0, 0.1) is 0 Å². The van der Waals surface area contributed by atoms with Crippen LogP contribution in [0.3, 0.4) is 0 Å². The standard InChI is InChI=1S/C19H25F3N4O2/c1-4-15-14(16(5-2)28-26-15)12-25-18(23-6-3)24-11-13-9-7-8-10-17(13)27-19(20,21)22/h7-10H,4-6,11-12H2,1-3H3,(H2,23,24,25). The first-order chi connectivity index (χ1) is 13.4. The van der Waals surface area contributed by atoms with Crippen LogP contribution in [0.4, 0.5) is 13.2 Å². The first kappa shape index (κ1) is 21.6. The number of ether oxygens (including phenoxy) is 1. The van der Waals surface area contributed by atoms with Crippen molar-refractivity contribution >= 4 is 5.96 Å². The van der Waals surface area contributed by atoms with Gasteiger partial charge in [-0.15, -0.1) is 13.2 Å². The molecule has 0 spiro atoms. The number of hydrogen-bond donors (Lipinski definition) is 2. The van der Waals surface area contributed by atoms with Crippen LogP contribution in [0.25, 0.3) is 0 Å². The lowest BCUT2D eigenvalue weighted by molar-refractivity contribution is -0.274. The number of para-hydroxylation sites is 1. The Bertz CT molecular complexity index is 766. The third kappa shape index (κ3) is 6.17. The molecule has 0 unspecified atom stereocenters. The fourth-order valence-electron chi connectivity index (χ4n) is 2.67. The number of aliphatic imine (C=N–C) groups is 1. The molecule has 0 fully saturated rings. The van der Waals surface area contributed by atoms with Crippen molar-refractivity contribution < 1.29 is 22.4 Å². The lowest BCUT2D eigenvalue weighted by atomic mass is 10.1. The quantitative estimate of drug-likeness (QED) is 0.520. The largest absolute Gasteiger partial charge is 0.573 e. The molecule has 0 amide bonds. The van der Waals surface area contributed by atoms with E-state index in [9.17, 15) is 13.2 Å². The second kappa shape index (κ2) is 10.0. The SMILES string of the molecule is CCNC(=NCc1ccccc1OC(F)(F)F)NCc1c(CC)noc1CC. The average Bonchev–Trinajstić information content (AvgIpc) is 3.05. The summed E-state index contributed by atoms with van der Waals surface area (Å²) in [6, 6.07) is 5.96. The van der Waals surface area contributed by atoms with E-state index in [1.807, 2.05) is 20.8 Å². The lowest BCUT2D eigenvalue weighted by Gasteiger charge is -2.14. The Morgan fingerprint density at radius 3 is 2.54 bits per heavy atom. The molecule has 0 aliphatic heterocycles. The van der Waals surface area contributed by atoms with E-state index in [2.05, 4.69) is 25.5 Å². The summed E-state index contributed by atoms with van der Waals surface area (Å²) in [5, 5.41) is 10.3. The van der Waals surface area contributed by atoms with E-state index in [1.54, 1.807) is 12.1 Å². The predicted octanol–water partition coefficient (Wildman–Crippen LogP) is 3.95. The van der Waals surface area contributed by atoms with E-state index in [0.29, 0.717) is 24.6 Å². The maximum absolute atomic E-state index is 12.6. The van der Waals surface area contributed by atoms with E-state index < -0.39 is 6.36 Å². The van der Waals surface area contributed by atoms with Gasteiger partial charge in [0.2, 0.25) is 0 Å². The van der Waals surface area contributed by atoms with E-state index in [0.717, 1.165) is 29.9 Å². The van der Waals surface area contributed by atoms with Gasteiger partial charge in [-0.05, 0) is 19.4 Å². The molecule has 2 N–H and O–H groups in total. The summed E-state index contributed by atoms with van der Waals surface area (Å²) in [7, 11) is 0. The highest BCUT2D eigenvalue weighted by molar-refractivity contribution is 5.79. The van der Waals surface area contributed by atoms with Gasteiger partial charge in [-0.1, -0.05) is 37.2 Å². The molecule has 0 aliphatic carbocycles. The number of rotatable bonds is 8. The van der Waals surface area contributed by atoms with Gasteiger partial charge in [0.05, 0.1) is 12.2 Å². The number of alkyl halides is 3. The van der Waals surface area contributed by atoms with E-state index in [1.165, 1.54) is 12.1 Å². The number of halogens is 3. The maximum Gasteiger partial charge on any atom is 0.573 e. The number of nitrogens with zero attached hydrogens (tertiary/aromatic N) is 2. The number of hydrogen-bond acceptors (Lipinski definition) is 4. The Labute approximate surface area is 162 Å². The molecule has 0 bridgehead atoms. The van der Waals surface area contributed by atoms with E-state index in [4.69, 9.17) is 4.52 Å². The number of aryl methyl sites for hydroxylation is 2. The molecule has 0 saturated carbocycles. The molecule has 2 aromatic rings. The summed E-state index contributed by atoms with van der Waals surface area (Å²) in [6.07, 6.45) is -3.28. The molecule has 1 aromatic heterocycles. The zero-order valence-corrected chi connectivity index (χ0v) is 16.2. The smallest absolute Gasteiger partial charge is 0.405 e. The molecule has 1 heterocycles. The number of nitrogens with one attached hydrogen (secondary N) is 2. The van der Waals surface area contributed by atoms with Gasteiger partial charge in [-0.2, -0.15) is 0 Å². The molecule has 6 nitrogen and oxygen atoms in total. The molecule has 28 heavy (non-hydrogen) atoms. The third-order valence-corrected chi connectivity index (χ3v) is 3.99. The highest BCUT2D eigenvalue weighted by atomic mass is 19.4. The van der Waals surface area contributed by atoms with Crippen LogP contribution < -0.4 is 15.4 Å². The predicted molar refractivity (Wildman–Crippen MR) is 100 cm³/mol. The minimum atomic E-state index is -4.75. The minimum Gasteiger partial charge on any atom is -0.405 e. The van der Waals surface area contributed by atoms with Crippen LogP contribution in [-0.2, 0) is 25.9 Å². The molecule has 0 aliphatic rings. The van der Waals surface area contributed by atoms with Crippen molar-refractivity contribution in [1.29, 1.82) is 0 Å². The Balaban J connectivity index is 2.13. The highest BCUT2D eigenvalue weighted by Crippen LogP contribution is 2.26. The normalized spacial score (nSPS) is 12.1. The number of guanidine groups is 1. The van der Waals surface area contributed by atoms with Crippen molar-refractivity contribution in [1.82, 2.24) is 15.8 Å². The summed E-state index contributed by atoms with van der Waals surface area (Å²) >= 11 is 0. The van der Waals surface area contributed by atoms with Crippen LogP contribution in [0.1, 0.15) is 43.4 Å². The first-order valence-corrected chi connectivity index (χ1v) is 9.20. The molecule has 2 rings (SSSR count). The second-order valence-electron chi connectivity index (χ2n) is 5.94. The first-order valence-electron chi connectivity index (χ1n) is 9.20. The highest BCUT2D eigenvalue weighted by Gasteiger charge is 2.31. The van der Waals surface area contributed by atoms with E-state index >= 15 is 0 Å². The summed E-state index contributed by atoms with van der Waals surface area (Å²) in [4.78, 5) is 4.38. The summed E-state index contributed by atoms with van der Waals surface area (Å²) < 4.78 is 47.1. The van der Waals surface area contributed by atoms with Crippen molar-refractivity contribution in [3.63, 3.8) is 0 Å². The Kier molecular flexibility index (Phi) is 7.71. The van der Waals surface area contributed by atoms with Crippen molar-refractivity contribution in [2.75, 3.05) is 6.54 Å². The molecule has 154 valence electrons. The summed E-state index contributed by atoms with van der Waals surface area (Å²) in [5.41, 5.74) is 2.20. The third-order valence-electron chi connectivity index (χ3n) is 3.99. The second-order valence-corrected chi connectivity index (χ2v) is 5.94. The van der Waals surface area contributed by atoms with Gasteiger partial charge < -0.3 is 19.9 Å². The molecular formula is C19H25F3N4O2. The van der Waals surface area contributed by atoms with E-state index in [-0.39, 0.29) is 12.3 Å². The fourth-order valence-corrected chi connectivity index (χ4v) is 2.67. The van der Waals surface area contributed by atoms with Gasteiger partial charge in [-0.25, -0.2) is 4.99 Å². The van der Waals surface area contributed by atoms with Crippen molar-refractivity contribution in [2.24, 2.45) is 4.99 Å². The van der Waals surface area contributed by atoms with Crippen molar-refractivity contribution in [3.05, 3.63) is 46.8 Å². The number of benzene rings is 1. The Hall–Kier alpha value is -2.71. The van der Waals surface area contributed by atoms with Crippen LogP contribution >= 0.6 is 0 Å². The van der Waals surface area contributed by atoms with Gasteiger partial charge in [-0.3, -0.25) is 0 Å². The van der Waals surface area contributed by atoms with Gasteiger partial charge in [0.25, 0.3) is 0 Å². The van der Waals surface area contributed by atoms with Crippen molar-refractivity contribution in [3.8, 4) is 5.75 Å². The molecule has 0 saturated heterocycles. The fraction of sp³-hybridized carbons (Fsp3) is 0.474. The zero-order valence-electron chi connectivity index (χ0n) is 16.2. The van der Waals surface area contributed by atoms with Crippen LogP contribution in [0.5, 0.6) is 5.75 Å². The molecular weight excluding hydrogens is 373 g/mol. The summed E-state index contributed by atoms with van der Waals surface area (Å²) in [6.45, 7) is 7.00. The summed E-state index contributed by atoms with van der Waals surface area (Å²) in [5.74, 6) is 1.04. The minimum absolute atomic E-state index is 0.0342. The van der Waals surface area contributed by atoms with Crippen LogP contribution in [0.15, 0.2) is 33.8 Å². The van der Waals surface area contributed by atoms with Crippen LogP contribution in [0.2, 0.25) is 0 Å². The van der Waals surface area contributed by atoms with Gasteiger partial charge >= 0.3 is 6.36 Å². The van der Waals surface area contributed by atoms with Crippen molar-refractivity contribution in [2.45, 2.75) is 53.1 Å². The Morgan fingerprint density at radius 1 is 1.14 bits per heavy atom. The Morgan fingerprint density at radius 2 is 1.89 bits per heavy atom. The zero-order chi connectivity index (χ0) is 20.6. The monoisotopic (exact) mass is 398 g/mol. The van der Waals surface area contributed by atoms with Gasteiger partial charge in [0.15, 0.2) is 5.96 Å². The van der Waals surface area contributed by atoms with Gasteiger partial charge in [0, 0.05) is 30.6 Å². The maximum atomic E-state index is 12.6. The molecule has 9 heteroatoms. The topological polar surface area (TPSA) is 71.7 Å². The molecule has 0 atom stereocenters. The average molecular weight is 398 g/mol. The van der Waals surface area contributed by atoms with Crippen LogP contribution in [-0.4, -0.2) is 24.0 Å².